The number of rotatable bonds is 6. The molecule has 42 heavy (non-hydrogen) atoms. The Morgan fingerprint density at radius 1 is 0.976 bits per heavy atom. The van der Waals surface area contributed by atoms with Crippen molar-refractivity contribution in [2.24, 2.45) is 17.8 Å². The molecule has 2 aromatic heterocycles. The number of alkyl halides is 3. The van der Waals surface area contributed by atoms with E-state index in [1.54, 1.807) is 21.9 Å². The summed E-state index contributed by atoms with van der Waals surface area (Å²) in [7, 11) is 0. The molecule has 3 fully saturated rings. The molecule has 4 heterocycles. The molecule has 2 aromatic rings. The summed E-state index contributed by atoms with van der Waals surface area (Å²) < 4.78 is 46.6. The molecule has 0 bridgehead atoms. The number of carboxylic acid groups (broad SMARTS) is 1. The highest BCUT2D eigenvalue weighted by atomic mass is 19.4. The molecule has 3 aliphatic rings. The Morgan fingerprint density at radius 3 is 2.43 bits per heavy atom. The van der Waals surface area contributed by atoms with Gasteiger partial charge in [-0.2, -0.15) is 18.2 Å². The van der Waals surface area contributed by atoms with Gasteiger partial charge in [-0.1, -0.05) is 13.3 Å². The van der Waals surface area contributed by atoms with Gasteiger partial charge in [-0.25, -0.2) is 4.98 Å². The summed E-state index contributed by atoms with van der Waals surface area (Å²) in [6.07, 6.45) is 0.740. The molecule has 228 valence electrons. The Labute approximate surface area is 241 Å². The van der Waals surface area contributed by atoms with Gasteiger partial charge in [-0.05, 0) is 50.2 Å². The van der Waals surface area contributed by atoms with Gasteiger partial charge in [0.15, 0.2) is 5.69 Å². The Hall–Kier alpha value is -3.84. The Balaban J connectivity index is 1.22. The third-order valence-corrected chi connectivity index (χ3v) is 8.31. The number of aromatic nitrogens is 2. The lowest BCUT2D eigenvalue weighted by atomic mass is 9.94. The molecule has 5 rings (SSSR count). The predicted molar refractivity (Wildman–Crippen MR) is 146 cm³/mol. The van der Waals surface area contributed by atoms with E-state index in [4.69, 9.17) is 4.42 Å². The summed E-state index contributed by atoms with van der Waals surface area (Å²) in [6.45, 7) is 5.03. The number of halogens is 3. The van der Waals surface area contributed by atoms with Gasteiger partial charge in [0.2, 0.25) is 11.7 Å². The predicted octanol–water partition coefficient (Wildman–Crippen LogP) is 4.12. The molecule has 0 spiro atoms. The highest BCUT2D eigenvalue weighted by Crippen LogP contribution is 2.36. The van der Waals surface area contributed by atoms with E-state index in [1.807, 2.05) is 11.8 Å². The van der Waals surface area contributed by atoms with Crippen molar-refractivity contribution >= 4 is 35.3 Å². The van der Waals surface area contributed by atoms with Gasteiger partial charge in [0.25, 0.3) is 11.9 Å². The van der Waals surface area contributed by atoms with Gasteiger partial charge >= 0.3 is 12.1 Å². The minimum atomic E-state index is -4.87. The first-order valence-electron chi connectivity index (χ1n) is 14.4. The van der Waals surface area contributed by atoms with Crippen LogP contribution >= 0.6 is 0 Å². The smallest absolute Gasteiger partial charge is 0.437 e. The summed E-state index contributed by atoms with van der Waals surface area (Å²) in [4.78, 5) is 50.8. The summed E-state index contributed by atoms with van der Waals surface area (Å²) in [5.41, 5.74) is -1.18. The Kier molecular flexibility index (Phi) is 8.60. The number of pyridine rings is 1. The largest absolute Gasteiger partial charge is 0.481 e. The number of anilines is 3. The first kappa shape index (κ1) is 29.6. The fourth-order valence-corrected chi connectivity index (χ4v) is 6.14. The van der Waals surface area contributed by atoms with E-state index in [2.05, 4.69) is 15.3 Å². The average Bonchev–Trinajstić information content (AvgIpc) is 3.56. The van der Waals surface area contributed by atoms with E-state index in [9.17, 15) is 32.7 Å². The average molecular weight is 593 g/mol. The van der Waals surface area contributed by atoms with Crippen LogP contribution in [0.5, 0.6) is 0 Å². The summed E-state index contributed by atoms with van der Waals surface area (Å²) in [5, 5.41) is 11.9. The molecule has 3 atom stereocenters. The van der Waals surface area contributed by atoms with Crippen LogP contribution in [0.15, 0.2) is 22.7 Å². The molecule has 0 radical (unpaired) electrons. The monoisotopic (exact) mass is 592 g/mol. The molecular formula is C28H35F3N6O5. The van der Waals surface area contributed by atoms with Crippen molar-refractivity contribution in [2.45, 2.75) is 51.6 Å². The van der Waals surface area contributed by atoms with Crippen molar-refractivity contribution in [2.75, 3.05) is 54.4 Å². The molecule has 2 N–H and O–H groups in total. The van der Waals surface area contributed by atoms with E-state index in [0.29, 0.717) is 64.3 Å². The van der Waals surface area contributed by atoms with Gasteiger partial charge < -0.3 is 29.5 Å². The van der Waals surface area contributed by atoms with Gasteiger partial charge in [-0.15, -0.1) is 0 Å². The molecule has 1 unspecified atom stereocenters. The van der Waals surface area contributed by atoms with Crippen molar-refractivity contribution < 1.29 is 37.1 Å². The van der Waals surface area contributed by atoms with Crippen molar-refractivity contribution in [3.8, 4) is 0 Å². The fraction of sp³-hybridized carbons (Fsp3) is 0.607. The second-order valence-electron chi connectivity index (χ2n) is 11.4. The van der Waals surface area contributed by atoms with Crippen LogP contribution in [0.2, 0.25) is 0 Å². The fourth-order valence-electron chi connectivity index (χ4n) is 6.14. The highest BCUT2D eigenvalue weighted by Gasteiger charge is 2.42. The van der Waals surface area contributed by atoms with Crippen LogP contribution in [0.1, 0.15) is 61.7 Å². The van der Waals surface area contributed by atoms with E-state index in [-0.39, 0.29) is 23.5 Å². The highest BCUT2D eigenvalue weighted by molar-refractivity contribution is 6.03. The third kappa shape index (κ3) is 6.46. The third-order valence-electron chi connectivity index (χ3n) is 8.31. The van der Waals surface area contributed by atoms with Crippen LogP contribution in [0, 0.1) is 17.8 Å². The molecule has 2 saturated heterocycles. The molecule has 2 amide bonds. The number of aliphatic carboxylic acids is 1. The summed E-state index contributed by atoms with van der Waals surface area (Å²) in [6, 6.07) is 2.98. The number of carboxylic acids is 1. The maximum Gasteiger partial charge on any atom is 0.437 e. The zero-order chi connectivity index (χ0) is 30.0. The van der Waals surface area contributed by atoms with Crippen LogP contribution in [0.4, 0.5) is 30.7 Å². The number of amides is 2. The second-order valence-corrected chi connectivity index (χ2v) is 11.4. The van der Waals surface area contributed by atoms with Crippen LogP contribution in [-0.4, -0.2) is 77.0 Å². The maximum atomic E-state index is 13.7. The zero-order valence-electron chi connectivity index (χ0n) is 23.4. The van der Waals surface area contributed by atoms with Crippen LogP contribution in [0.25, 0.3) is 0 Å². The molecule has 14 heteroatoms. The first-order chi connectivity index (χ1) is 20.0. The van der Waals surface area contributed by atoms with Crippen molar-refractivity contribution in [3.63, 3.8) is 0 Å². The lowest BCUT2D eigenvalue weighted by molar-refractivity contribution is -0.149. The number of hydrogen-bond acceptors (Lipinski definition) is 8. The van der Waals surface area contributed by atoms with Gasteiger partial charge in [0.05, 0.1) is 23.7 Å². The first-order valence-corrected chi connectivity index (χ1v) is 14.4. The van der Waals surface area contributed by atoms with Crippen LogP contribution < -0.4 is 15.1 Å². The Morgan fingerprint density at radius 2 is 1.74 bits per heavy atom. The van der Waals surface area contributed by atoms with Gasteiger partial charge in [0, 0.05) is 39.3 Å². The van der Waals surface area contributed by atoms with Gasteiger partial charge in [-0.3, -0.25) is 14.4 Å². The quantitative estimate of drug-likeness (QED) is 0.509. The molecular weight excluding hydrogens is 557 g/mol. The minimum absolute atomic E-state index is 0.114. The lowest BCUT2D eigenvalue weighted by Crippen LogP contribution is -2.41. The van der Waals surface area contributed by atoms with Gasteiger partial charge in [0.1, 0.15) is 5.82 Å². The van der Waals surface area contributed by atoms with E-state index >= 15 is 0 Å². The molecule has 11 nitrogen and oxygen atoms in total. The minimum Gasteiger partial charge on any atom is -0.481 e. The number of hydrogen-bond donors (Lipinski definition) is 2. The van der Waals surface area contributed by atoms with E-state index in [1.165, 1.54) is 6.20 Å². The number of nitrogens with zero attached hydrogens (tertiary/aromatic N) is 5. The van der Waals surface area contributed by atoms with Crippen LogP contribution in [0.3, 0.4) is 0 Å². The summed E-state index contributed by atoms with van der Waals surface area (Å²) in [5.74, 6) is -3.28. The zero-order valence-corrected chi connectivity index (χ0v) is 23.4. The van der Waals surface area contributed by atoms with Crippen LogP contribution in [-0.2, 0) is 15.8 Å². The molecule has 1 aliphatic carbocycles. The summed E-state index contributed by atoms with van der Waals surface area (Å²) >= 11 is 0. The standard InChI is InChI=1S/C28H35F3N6O5/c1-17-5-3-10-37(16-17)27-34-23(28(29,30)31)22(42-27)24(38)33-18-8-9-21(32-15-18)35-11-4-12-36(14-13-35)25(39)19-6-2-7-20(19)26(40)41/h8-9,15,17,19-20H,2-7,10-14,16H2,1H3,(H,33,38)(H,40,41)/t17?,19-,20-/m1/s1. The lowest BCUT2D eigenvalue weighted by Gasteiger charge is -2.29. The normalized spacial score (nSPS) is 23.5. The van der Waals surface area contributed by atoms with E-state index < -0.39 is 41.3 Å². The topological polar surface area (TPSA) is 132 Å². The SMILES string of the molecule is CC1CCCN(c2nc(C(F)(F)F)c(C(=O)Nc3ccc(N4CCCN(C(=O)[C@@H]5CCC[C@H]5C(=O)O)CC4)nc3)o2)C1. The molecule has 1 saturated carbocycles. The number of oxazole rings is 1. The number of piperidine rings is 1. The van der Waals surface area contributed by atoms with Crippen molar-refractivity contribution in [3.05, 3.63) is 29.8 Å². The number of nitrogens with one attached hydrogen (secondary N) is 1. The van der Waals surface area contributed by atoms with Crippen molar-refractivity contribution in [1.82, 2.24) is 14.9 Å². The molecule has 2 aliphatic heterocycles. The molecule has 0 aromatic carbocycles. The van der Waals surface area contributed by atoms with Crippen molar-refractivity contribution in [1.29, 1.82) is 0 Å². The number of carbonyl (C=O) groups excluding carboxylic acids is 2. The second kappa shape index (κ2) is 12.2. The number of carbonyl (C=O) groups is 3. The van der Waals surface area contributed by atoms with E-state index in [0.717, 1.165) is 19.3 Å². The Bertz CT molecular complexity index is 1300. The maximum absolute atomic E-state index is 13.7.